The van der Waals surface area contributed by atoms with Crippen LogP contribution in [0, 0.1) is 6.92 Å². The van der Waals surface area contributed by atoms with Crippen LogP contribution in [0.1, 0.15) is 45.9 Å². The van der Waals surface area contributed by atoms with Crippen molar-refractivity contribution in [2.24, 2.45) is 4.99 Å². The number of carbonyl (C=O) groups is 1. The summed E-state index contributed by atoms with van der Waals surface area (Å²) >= 11 is 18.8. The molecule has 3 aromatic rings. The number of hydrogen-bond donors (Lipinski definition) is 0. The topological polar surface area (TPSA) is 50.5 Å². The van der Waals surface area contributed by atoms with Crippen LogP contribution in [-0.2, 0) is 4.79 Å². The summed E-state index contributed by atoms with van der Waals surface area (Å²) < 4.78 is 1.78. The summed E-state index contributed by atoms with van der Waals surface area (Å²) in [4.78, 5) is 19.0. The van der Waals surface area contributed by atoms with Crippen molar-refractivity contribution < 1.29 is 4.79 Å². The van der Waals surface area contributed by atoms with Gasteiger partial charge >= 0.3 is 0 Å². The number of benzene rings is 2. The largest absolute Gasteiger partial charge is 0.341 e. The van der Waals surface area contributed by atoms with Gasteiger partial charge in [-0.25, -0.2) is 4.68 Å². The highest BCUT2D eigenvalue weighted by Crippen LogP contribution is 2.35. The van der Waals surface area contributed by atoms with Gasteiger partial charge in [-0.3, -0.25) is 4.79 Å². The lowest BCUT2D eigenvalue weighted by atomic mass is 10.0. The number of aliphatic imine (C=N–C) groups is 1. The Hall–Kier alpha value is -2.34. The Morgan fingerprint density at radius 1 is 0.970 bits per heavy atom. The van der Waals surface area contributed by atoms with E-state index < -0.39 is 5.54 Å². The maximum atomic E-state index is 12.6. The zero-order valence-electron chi connectivity index (χ0n) is 19.6. The number of amidine groups is 1. The van der Waals surface area contributed by atoms with Crippen molar-refractivity contribution in [3.05, 3.63) is 68.8 Å². The molecular formula is C25H27Cl3N4O. The van der Waals surface area contributed by atoms with Crippen LogP contribution in [-0.4, -0.2) is 38.5 Å². The molecule has 0 bridgehead atoms. The number of aromatic nitrogens is 2. The van der Waals surface area contributed by atoms with Gasteiger partial charge in [-0.1, -0.05) is 60.8 Å². The fourth-order valence-corrected chi connectivity index (χ4v) is 4.50. The predicted octanol–water partition coefficient (Wildman–Crippen LogP) is 7.22. The van der Waals surface area contributed by atoms with Crippen LogP contribution in [0.4, 0.5) is 0 Å². The van der Waals surface area contributed by atoms with Gasteiger partial charge in [0.15, 0.2) is 5.84 Å². The molecule has 0 atom stereocenters. The third kappa shape index (κ3) is 4.54. The van der Waals surface area contributed by atoms with E-state index in [1.165, 1.54) is 0 Å². The Bertz CT molecular complexity index is 1210. The van der Waals surface area contributed by atoms with E-state index in [1.54, 1.807) is 16.8 Å². The molecule has 1 aliphatic rings. The molecule has 1 aromatic heterocycles. The second-order valence-electron chi connectivity index (χ2n) is 7.88. The molecule has 0 saturated carbocycles. The molecule has 0 spiro atoms. The van der Waals surface area contributed by atoms with Crippen molar-refractivity contribution in [3.63, 3.8) is 0 Å². The fraction of sp³-hybridized carbons (Fsp3) is 0.320. The summed E-state index contributed by atoms with van der Waals surface area (Å²) in [5.74, 6) is 0.380. The molecule has 174 valence electrons. The highest BCUT2D eigenvalue weighted by atomic mass is 35.5. The number of carbonyl (C=O) groups excluding carboxylic acids is 1. The normalized spacial score (nSPS) is 14.8. The van der Waals surface area contributed by atoms with E-state index in [0.29, 0.717) is 38.8 Å². The summed E-state index contributed by atoms with van der Waals surface area (Å²) in [7, 11) is 0. The molecule has 1 aliphatic heterocycles. The van der Waals surface area contributed by atoms with Crippen LogP contribution in [0.15, 0.2) is 47.5 Å². The van der Waals surface area contributed by atoms with Gasteiger partial charge < -0.3 is 4.90 Å². The van der Waals surface area contributed by atoms with E-state index in [1.807, 2.05) is 76.8 Å². The Kier molecular flexibility index (Phi) is 7.57. The van der Waals surface area contributed by atoms with Gasteiger partial charge in [0.2, 0.25) is 0 Å². The summed E-state index contributed by atoms with van der Waals surface area (Å²) in [5, 5.41) is 6.53. The summed E-state index contributed by atoms with van der Waals surface area (Å²) in [6, 6.07) is 12.8. The number of halogens is 3. The fourth-order valence-electron chi connectivity index (χ4n) is 3.88. The van der Waals surface area contributed by atoms with Gasteiger partial charge in [0.1, 0.15) is 11.2 Å². The molecule has 1 amide bonds. The van der Waals surface area contributed by atoms with Gasteiger partial charge in [0.05, 0.1) is 16.4 Å². The summed E-state index contributed by atoms with van der Waals surface area (Å²) in [6.07, 6.45) is 0. The van der Waals surface area contributed by atoms with Crippen LogP contribution in [0.3, 0.4) is 0 Å². The predicted molar refractivity (Wildman–Crippen MR) is 138 cm³/mol. The van der Waals surface area contributed by atoms with Crippen LogP contribution in [0.5, 0.6) is 0 Å². The number of rotatable bonds is 4. The number of likely N-dealkylation sites (N-methyl/N-ethyl adjacent to an activating group) is 1. The molecule has 0 radical (unpaired) electrons. The molecule has 0 N–H and O–H groups in total. The van der Waals surface area contributed by atoms with Crippen LogP contribution < -0.4 is 0 Å². The third-order valence-electron chi connectivity index (χ3n) is 5.57. The molecule has 2 heterocycles. The first kappa shape index (κ1) is 25.3. The summed E-state index contributed by atoms with van der Waals surface area (Å²) in [6.45, 7) is 12.3. The molecule has 0 saturated heterocycles. The number of hydrogen-bond acceptors (Lipinski definition) is 3. The molecule has 8 heteroatoms. The average molecular weight is 506 g/mol. The van der Waals surface area contributed by atoms with Crippen LogP contribution in [0.2, 0.25) is 15.1 Å². The smallest absolute Gasteiger partial charge is 0.273 e. The molecule has 33 heavy (non-hydrogen) atoms. The van der Waals surface area contributed by atoms with Crippen molar-refractivity contribution in [2.75, 3.05) is 6.54 Å². The minimum atomic E-state index is -0.724. The van der Waals surface area contributed by atoms with E-state index >= 15 is 0 Å². The maximum Gasteiger partial charge on any atom is 0.273 e. The molecule has 2 aromatic carbocycles. The Morgan fingerprint density at radius 2 is 1.58 bits per heavy atom. The van der Waals surface area contributed by atoms with Crippen molar-refractivity contribution >= 4 is 46.5 Å². The first-order valence-electron chi connectivity index (χ1n) is 10.9. The molecule has 0 aliphatic carbocycles. The van der Waals surface area contributed by atoms with Gasteiger partial charge in [0, 0.05) is 27.7 Å². The monoisotopic (exact) mass is 504 g/mol. The maximum absolute atomic E-state index is 12.6. The number of nitrogens with zero attached hydrogens (tertiary/aromatic N) is 4. The quantitative estimate of drug-likeness (QED) is 0.376. The van der Waals surface area contributed by atoms with Crippen LogP contribution >= 0.6 is 34.8 Å². The molecule has 5 nitrogen and oxygen atoms in total. The van der Waals surface area contributed by atoms with Crippen molar-refractivity contribution in [1.82, 2.24) is 14.7 Å². The zero-order chi connectivity index (χ0) is 24.5. The average Bonchev–Trinajstić information content (AvgIpc) is 3.23. The minimum Gasteiger partial charge on any atom is -0.341 e. The number of amides is 1. The second-order valence-corrected chi connectivity index (χ2v) is 9.16. The summed E-state index contributed by atoms with van der Waals surface area (Å²) in [5.41, 5.74) is 3.23. The van der Waals surface area contributed by atoms with E-state index in [9.17, 15) is 4.79 Å². The van der Waals surface area contributed by atoms with Crippen LogP contribution in [0.25, 0.3) is 16.9 Å². The van der Waals surface area contributed by atoms with Crippen molar-refractivity contribution in [1.29, 1.82) is 0 Å². The Balaban J connectivity index is 0.00000149. The standard InChI is InChI=1S/C23H21Cl3N4O.C2H6/c1-5-29-21(27-22(31)23(29,3)4)19-13(2)20(14-6-8-15(24)9-7-14)30(28-19)18-11-10-16(25)12-17(18)26;1-2/h6-12H,5H2,1-4H3;1-2H3. The lowest BCUT2D eigenvalue weighted by molar-refractivity contribution is -0.124. The molecule has 0 unspecified atom stereocenters. The lowest BCUT2D eigenvalue weighted by Crippen LogP contribution is -2.47. The SMILES string of the molecule is CC.CCN1C(c2nn(-c3ccc(Cl)cc3Cl)c(-c3ccc(Cl)cc3)c2C)=NC(=O)C1(C)C. The van der Waals surface area contributed by atoms with E-state index in [4.69, 9.17) is 39.9 Å². The first-order chi connectivity index (χ1) is 15.6. The van der Waals surface area contributed by atoms with Gasteiger partial charge in [-0.05, 0) is 58.0 Å². The minimum absolute atomic E-state index is 0.184. The van der Waals surface area contributed by atoms with E-state index in [-0.39, 0.29) is 5.91 Å². The van der Waals surface area contributed by atoms with Gasteiger partial charge in [0.25, 0.3) is 5.91 Å². The third-order valence-corrected chi connectivity index (χ3v) is 6.36. The lowest BCUT2D eigenvalue weighted by Gasteiger charge is -2.30. The molecular weight excluding hydrogens is 479 g/mol. The van der Waals surface area contributed by atoms with Crippen molar-refractivity contribution in [3.8, 4) is 16.9 Å². The highest BCUT2D eigenvalue weighted by molar-refractivity contribution is 6.35. The highest BCUT2D eigenvalue weighted by Gasteiger charge is 2.43. The molecule has 4 rings (SSSR count). The Morgan fingerprint density at radius 3 is 2.15 bits per heavy atom. The first-order valence-corrected chi connectivity index (χ1v) is 12.0. The van der Waals surface area contributed by atoms with E-state index in [2.05, 4.69) is 4.99 Å². The Labute approximate surface area is 210 Å². The van der Waals surface area contributed by atoms with Gasteiger partial charge in [-0.2, -0.15) is 10.1 Å². The zero-order valence-corrected chi connectivity index (χ0v) is 21.8. The van der Waals surface area contributed by atoms with Crippen molar-refractivity contribution in [2.45, 2.75) is 47.1 Å². The van der Waals surface area contributed by atoms with E-state index in [0.717, 1.165) is 16.8 Å². The molecule has 0 fully saturated rings. The van der Waals surface area contributed by atoms with Gasteiger partial charge in [-0.15, -0.1) is 0 Å². The second kappa shape index (κ2) is 9.88.